The fourth-order valence-electron chi connectivity index (χ4n) is 2.32. The SMILES string of the molecule is Cc1oc(-c2cccs2)nc1CC(=O)OC(C)C(=O)Nc1ccccc1Cl. The smallest absolute Gasteiger partial charge is 0.312 e. The van der Waals surface area contributed by atoms with Crippen LogP contribution in [0, 0.1) is 6.92 Å². The summed E-state index contributed by atoms with van der Waals surface area (Å²) in [6, 6.07) is 10.6. The minimum absolute atomic E-state index is 0.0789. The summed E-state index contributed by atoms with van der Waals surface area (Å²) in [5, 5.41) is 4.96. The number of halogens is 1. The number of anilines is 1. The van der Waals surface area contributed by atoms with Crippen LogP contribution in [0.4, 0.5) is 5.69 Å². The van der Waals surface area contributed by atoms with Gasteiger partial charge in [0.05, 0.1) is 27.7 Å². The minimum atomic E-state index is -0.974. The van der Waals surface area contributed by atoms with Crippen molar-refractivity contribution in [2.45, 2.75) is 26.4 Å². The van der Waals surface area contributed by atoms with Gasteiger partial charge in [-0.1, -0.05) is 29.8 Å². The van der Waals surface area contributed by atoms with E-state index in [1.807, 2.05) is 17.5 Å². The van der Waals surface area contributed by atoms with E-state index in [-0.39, 0.29) is 6.42 Å². The lowest BCUT2D eigenvalue weighted by Gasteiger charge is -2.14. The van der Waals surface area contributed by atoms with E-state index in [0.717, 1.165) is 4.88 Å². The molecule has 3 rings (SSSR count). The molecule has 0 aliphatic rings. The third-order valence-electron chi connectivity index (χ3n) is 3.75. The van der Waals surface area contributed by atoms with E-state index in [2.05, 4.69) is 10.3 Å². The zero-order valence-electron chi connectivity index (χ0n) is 14.7. The molecule has 1 unspecified atom stereocenters. The lowest BCUT2D eigenvalue weighted by Crippen LogP contribution is -2.30. The van der Waals surface area contributed by atoms with Crippen molar-refractivity contribution in [2.75, 3.05) is 5.32 Å². The number of rotatable bonds is 6. The molecule has 0 bridgehead atoms. The van der Waals surface area contributed by atoms with Gasteiger partial charge in [-0.2, -0.15) is 0 Å². The van der Waals surface area contributed by atoms with Crippen LogP contribution in [-0.4, -0.2) is 23.0 Å². The van der Waals surface area contributed by atoms with Crippen LogP contribution in [0.5, 0.6) is 0 Å². The van der Waals surface area contributed by atoms with Gasteiger partial charge < -0.3 is 14.5 Å². The number of hydrogen-bond acceptors (Lipinski definition) is 6. The first kappa shape index (κ1) is 19.1. The number of aryl methyl sites for hydroxylation is 1. The number of carbonyl (C=O) groups is 2. The first-order valence-electron chi connectivity index (χ1n) is 8.19. The first-order valence-corrected chi connectivity index (χ1v) is 9.45. The molecule has 140 valence electrons. The number of ether oxygens (including phenoxy) is 1. The molecule has 0 fully saturated rings. The number of nitrogens with zero attached hydrogens (tertiary/aromatic N) is 1. The van der Waals surface area contributed by atoms with E-state index in [1.54, 1.807) is 31.2 Å². The number of esters is 1. The Kier molecular flexibility index (Phi) is 5.93. The quantitative estimate of drug-likeness (QED) is 0.612. The van der Waals surface area contributed by atoms with Gasteiger partial charge in [0, 0.05) is 0 Å². The Bertz CT molecular complexity index is 953. The summed E-state index contributed by atoms with van der Waals surface area (Å²) in [4.78, 5) is 29.6. The summed E-state index contributed by atoms with van der Waals surface area (Å²) in [5.74, 6) is -0.0168. The molecule has 1 aromatic carbocycles. The van der Waals surface area contributed by atoms with Crippen LogP contribution in [0.15, 0.2) is 46.2 Å². The van der Waals surface area contributed by atoms with Gasteiger partial charge in [-0.3, -0.25) is 9.59 Å². The summed E-state index contributed by atoms with van der Waals surface area (Å²) in [6.45, 7) is 3.23. The second kappa shape index (κ2) is 8.37. The molecule has 0 spiro atoms. The Labute approximate surface area is 165 Å². The molecule has 2 heterocycles. The van der Waals surface area contributed by atoms with Gasteiger partial charge in [0.1, 0.15) is 5.76 Å². The number of amides is 1. The number of thiophene rings is 1. The molecule has 0 saturated heterocycles. The minimum Gasteiger partial charge on any atom is -0.452 e. The highest BCUT2D eigenvalue weighted by atomic mass is 35.5. The number of carbonyl (C=O) groups excluding carboxylic acids is 2. The van der Waals surface area contributed by atoms with E-state index in [0.29, 0.717) is 28.1 Å². The maximum absolute atomic E-state index is 12.2. The molecule has 8 heteroatoms. The average Bonchev–Trinajstić information content (AvgIpc) is 3.27. The van der Waals surface area contributed by atoms with Crippen LogP contribution in [0.2, 0.25) is 5.02 Å². The summed E-state index contributed by atoms with van der Waals surface area (Å²) >= 11 is 7.51. The third kappa shape index (κ3) is 4.75. The van der Waals surface area contributed by atoms with Gasteiger partial charge >= 0.3 is 5.97 Å². The molecule has 27 heavy (non-hydrogen) atoms. The van der Waals surface area contributed by atoms with E-state index >= 15 is 0 Å². The largest absolute Gasteiger partial charge is 0.452 e. The highest BCUT2D eigenvalue weighted by molar-refractivity contribution is 7.13. The van der Waals surface area contributed by atoms with Crippen LogP contribution in [0.25, 0.3) is 10.8 Å². The number of hydrogen-bond donors (Lipinski definition) is 1. The molecule has 0 aliphatic heterocycles. The fourth-order valence-corrected chi connectivity index (χ4v) is 3.16. The van der Waals surface area contributed by atoms with E-state index in [1.165, 1.54) is 18.3 Å². The van der Waals surface area contributed by atoms with Crippen LogP contribution in [0.3, 0.4) is 0 Å². The molecular formula is C19H17ClN2O4S. The summed E-state index contributed by atoms with van der Waals surface area (Å²) in [5.41, 5.74) is 0.946. The number of oxazole rings is 1. The van der Waals surface area contributed by atoms with E-state index < -0.39 is 18.0 Å². The molecule has 3 aromatic rings. The number of benzene rings is 1. The second-order valence-corrected chi connectivity index (χ2v) is 7.13. The predicted molar refractivity (Wildman–Crippen MR) is 104 cm³/mol. The van der Waals surface area contributed by atoms with Crippen LogP contribution in [-0.2, 0) is 20.7 Å². The highest BCUT2D eigenvalue weighted by Crippen LogP contribution is 2.26. The topological polar surface area (TPSA) is 81.4 Å². The highest BCUT2D eigenvalue weighted by Gasteiger charge is 2.21. The Balaban J connectivity index is 1.59. The molecule has 1 amide bonds. The standard InChI is InChI=1S/C19H17ClN2O4S/c1-11-15(22-19(26-11)16-8-5-9-27-16)10-17(23)25-12(2)18(24)21-14-7-4-3-6-13(14)20/h3-9,12H,10H2,1-2H3,(H,21,24). The number of para-hydroxylation sites is 1. The Morgan fingerprint density at radius 2 is 2.07 bits per heavy atom. The van der Waals surface area contributed by atoms with Gasteiger partial charge in [-0.05, 0) is 37.4 Å². The van der Waals surface area contributed by atoms with Gasteiger partial charge in [-0.25, -0.2) is 4.98 Å². The van der Waals surface area contributed by atoms with Gasteiger partial charge in [0.25, 0.3) is 5.91 Å². The van der Waals surface area contributed by atoms with Gasteiger partial charge in [0.15, 0.2) is 6.10 Å². The van der Waals surface area contributed by atoms with Gasteiger partial charge in [-0.15, -0.1) is 11.3 Å². The lowest BCUT2D eigenvalue weighted by atomic mass is 10.2. The Morgan fingerprint density at radius 3 is 2.78 bits per heavy atom. The predicted octanol–water partition coefficient (Wildman–Crippen LogP) is 4.48. The van der Waals surface area contributed by atoms with Crippen molar-refractivity contribution in [2.24, 2.45) is 0 Å². The van der Waals surface area contributed by atoms with Crippen LogP contribution in [0.1, 0.15) is 18.4 Å². The van der Waals surface area contributed by atoms with Crippen molar-refractivity contribution in [1.29, 1.82) is 0 Å². The van der Waals surface area contributed by atoms with Crippen molar-refractivity contribution in [1.82, 2.24) is 4.98 Å². The molecule has 0 saturated carbocycles. The summed E-state index contributed by atoms with van der Waals surface area (Å²) < 4.78 is 10.8. The maximum atomic E-state index is 12.2. The van der Waals surface area contributed by atoms with Crippen molar-refractivity contribution >= 4 is 40.5 Å². The fraction of sp³-hybridized carbons (Fsp3) is 0.211. The second-order valence-electron chi connectivity index (χ2n) is 5.78. The van der Waals surface area contributed by atoms with Crippen molar-refractivity contribution in [3.05, 3.63) is 58.3 Å². The van der Waals surface area contributed by atoms with Crippen molar-refractivity contribution in [3.63, 3.8) is 0 Å². The zero-order chi connectivity index (χ0) is 19.4. The maximum Gasteiger partial charge on any atom is 0.312 e. The summed E-state index contributed by atoms with van der Waals surface area (Å²) in [6.07, 6.45) is -1.05. The molecule has 1 atom stereocenters. The molecule has 1 N–H and O–H groups in total. The monoisotopic (exact) mass is 404 g/mol. The van der Waals surface area contributed by atoms with Crippen LogP contribution >= 0.6 is 22.9 Å². The number of nitrogens with one attached hydrogen (secondary N) is 1. The molecule has 0 radical (unpaired) electrons. The van der Waals surface area contributed by atoms with Crippen molar-refractivity contribution in [3.8, 4) is 10.8 Å². The summed E-state index contributed by atoms with van der Waals surface area (Å²) in [7, 11) is 0. The van der Waals surface area contributed by atoms with Gasteiger partial charge in [0.2, 0.25) is 5.89 Å². The lowest BCUT2D eigenvalue weighted by molar-refractivity contribution is -0.152. The molecule has 6 nitrogen and oxygen atoms in total. The molecule has 0 aliphatic carbocycles. The molecule has 2 aromatic heterocycles. The molecular weight excluding hydrogens is 388 g/mol. The Morgan fingerprint density at radius 1 is 1.30 bits per heavy atom. The van der Waals surface area contributed by atoms with E-state index in [9.17, 15) is 9.59 Å². The zero-order valence-corrected chi connectivity index (χ0v) is 16.3. The normalized spacial score (nSPS) is 11.8. The Hall–Kier alpha value is -2.64. The third-order valence-corrected chi connectivity index (χ3v) is 4.93. The van der Waals surface area contributed by atoms with E-state index in [4.69, 9.17) is 20.8 Å². The average molecular weight is 405 g/mol. The number of aromatic nitrogens is 1. The van der Waals surface area contributed by atoms with Crippen LogP contribution < -0.4 is 5.32 Å². The first-order chi connectivity index (χ1) is 12.9. The van der Waals surface area contributed by atoms with Crippen molar-refractivity contribution < 1.29 is 18.7 Å².